The van der Waals surface area contributed by atoms with E-state index in [0.717, 1.165) is 4.68 Å². The Morgan fingerprint density at radius 1 is 1.39 bits per heavy atom. The molecule has 0 amide bonds. The Labute approximate surface area is 103 Å². The van der Waals surface area contributed by atoms with E-state index in [4.69, 9.17) is 9.56 Å². The van der Waals surface area contributed by atoms with Crippen LogP contribution in [-0.4, -0.2) is 18.2 Å². The van der Waals surface area contributed by atoms with Crippen molar-refractivity contribution in [2.75, 3.05) is 0 Å². The first-order valence-electron chi connectivity index (χ1n) is 5.00. The molecule has 0 saturated heterocycles. The van der Waals surface area contributed by atoms with Gasteiger partial charge in [-0.2, -0.15) is 4.68 Å². The van der Waals surface area contributed by atoms with Gasteiger partial charge in [-0.05, 0) is 11.6 Å². The lowest BCUT2D eigenvalue weighted by Crippen LogP contribution is -2.15. The molecule has 0 radical (unpaired) electrons. The van der Waals surface area contributed by atoms with Gasteiger partial charge >= 0.3 is 5.76 Å². The summed E-state index contributed by atoms with van der Waals surface area (Å²) in [7, 11) is -2.22. The lowest BCUT2D eigenvalue weighted by molar-refractivity contribution is 0.505. The molecule has 0 atom stereocenters. The van der Waals surface area contributed by atoms with Gasteiger partial charge in [0.1, 0.15) is 0 Å². The van der Waals surface area contributed by atoms with E-state index >= 15 is 0 Å². The van der Waals surface area contributed by atoms with Gasteiger partial charge in [0.05, 0.1) is 5.75 Å². The van der Waals surface area contributed by atoms with Crippen molar-refractivity contribution in [1.29, 1.82) is 0 Å². The summed E-state index contributed by atoms with van der Waals surface area (Å²) < 4.78 is 28.2. The summed E-state index contributed by atoms with van der Waals surface area (Å²) in [6.07, 6.45) is 0. The quantitative estimate of drug-likeness (QED) is 0.832. The van der Waals surface area contributed by atoms with Crippen molar-refractivity contribution in [2.45, 2.75) is 5.75 Å². The maximum atomic E-state index is 11.2. The van der Waals surface area contributed by atoms with E-state index in [-0.39, 0.29) is 11.6 Å². The van der Waals surface area contributed by atoms with Crippen LogP contribution in [0.15, 0.2) is 33.5 Å². The summed E-state index contributed by atoms with van der Waals surface area (Å²) in [6, 6.07) is 6.57. The number of benzene rings is 1. The fourth-order valence-electron chi connectivity index (χ4n) is 1.53. The van der Waals surface area contributed by atoms with Crippen LogP contribution in [0.2, 0.25) is 0 Å². The Morgan fingerprint density at radius 3 is 2.61 bits per heavy atom. The summed E-state index contributed by atoms with van der Waals surface area (Å²) in [4.78, 5) is 11.2. The highest BCUT2D eigenvalue weighted by molar-refractivity contribution is 7.88. The molecule has 18 heavy (non-hydrogen) atoms. The van der Waals surface area contributed by atoms with Gasteiger partial charge < -0.3 is 4.42 Å². The van der Waals surface area contributed by atoms with Crippen LogP contribution in [-0.2, 0) is 22.8 Å². The predicted octanol–water partition coefficient (Wildman–Crippen LogP) is -0.171. The molecule has 7 nitrogen and oxygen atoms in total. The first-order chi connectivity index (χ1) is 8.37. The average molecular weight is 269 g/mol. The molecule has 2 N–H and O–H groups in total. The molecule has 2 rings (SSSR count). The average Bonchev–Trinajstić information content (AvgIpc) is 2.57. The second kappa shape index (κ2) is 4.39. The Kier molecular flexibility index (Phi) is 3.05. The maximum absolute atomic E-state index is 11.2. The van der Waals surface area contributed by atoms with Gasteiger partial charge in [-0.15, -0.1) is 5.10 Å². The second-order valence-corrected chi connectivity index (χ2v) is 5.38. The summed E-state index contributed by atoms with van der Waals surface area (Å²) in [6.45, 7) is 0. The number of hydrogen-bond acceptors (Lipinski definition) is 5. The third-order valence-electron chi connectivity index (χ3n) is 2.29. The van der Waals surface area contributed by atoms with Crippen LogP contribution in [0, 0.1) is 0 Å². The third kappa shape index (κ3) is 2.66. The zero-order valence-corrected chi connectivity index (χ0v) is 10.3. The van der Waals surface area contributed by atoms with Crippen molar-refractivity contribution in [3.63, 3.8) is 0 Å². The van der Waals surface area contributed by atoms with E-state index in [9.17, 15) is 13.2 Å². The fourth-order valence-corrected chi connectivity index (χ4v) is 2.21. The fraction of sp³-hybridized carbons (Fsp3) is 0.200. The molecule has 1 aromatic heterocycles. The van der Waals surface area contributed by atoms with E-state index in [2.05, 4.69) is 5.10 Å². The number of aromatic nitrogens is 2. The van der Waals surface area contributed by atoms with Gasteiger partial charge in [0.15, 0.2) is 0 Å². The van der Waals surface area contributed by atoms with E-state index in [0.29, 0.717) is 11.1 Å². The number of primary sulfonamides is 1. The largest absolute Gasteiger partial charge is 0.437 e. The summed E-state index contributed by atoms with van der Waals surface area (Å²) in [5.74, 6) is -0.888. The highest BCUT2D eigenvalue weighted by Crippen LogP contribution is 2.21. The van der Waals surface area contributed by atoms with Crippen molar-refractivity contribution in [3.05, 3.63) is 40.4 Å². The second-order valence-electron chi connectivity index (χ2n) is 3.76. The minimum Gasteiger partial charge on any atom is -0.388 e. The van der Waals surface area contributed by atoms with Gasteiger partial charge in [-0.3, -0.25) is 0 Å². The third-order valence-corrected chi connectivity index (χ3v) is 3.01. The van der Waals surface area contributed by atoms with Crippen molar-refractivity contribution in [1.82, 2.24) is 9.78 Å². The zero-order chi connectivity index (χ0) is 13.3. The maximum Gasteiger partial charge on any atom is 0.437 e. The van der Waals surface area contributed by atoms with Crippen molar-refractivity contribution in [3.8, 4) is 11.5 Å². The smallest absolute Gasteiger partial charge is 0.388 e. The van der Waals surface area contributed by atoms with E-state index < -0.39 is 15.8 Å². The molecule has 0 bridgehead atoms. The minimum absolute atomic E-state index is 0.0711. The molecule has 0 saturated carbocycles. The van der Waals surface area contributed by atoms with Crippen LogP contribution in [0.3, 0.4) is 0 Å². The number of nitrogens with zero attached hydrogens (tertiary/aromatic N) is 2. The van der Waals surface area contributed by atoms with Gasteiger partial charge in [0.25, 0.3) is 0 Å². The Bertz CT molecular complexity index is 730. The molecule has 2 aromatic rings. The van der Waals surface area contributed by atoms with E-state index in [1.807, 2.05) is 0 Å². The Hall–Kier alpha value is -1.93. The molecular weight excluding hydrogens is 258 g/mol. The normalized spacial score (nSPS) is 11.7. The standard InChI is InChI=1S/C10H11N3O4S/c1-13-10(14)17-9(12-13)8-5-3-2-4-7(8)6-18(11,15)16/h2-5H,6H2,1H3,(H2,11,15,16). The topological polar surface area (TPSA) is 108 Å². The summed E-state index contributed by atoms with van der Waals surface area (Å²) in [5.41, 5.74) is 0.867. The minimum atomic E-state index is -3.67. The highest BCUT2D eigenvalue weighted by Gasteiger charge is 2.15. The first kappa shape index (κ1) is 12.5. The lowest BCUT2D eigenvalue weighted by atomic mass is 10.1. The summed E-state index contributed by atoms with van der Waals surface area (Å²) in [5, 5.41) is 8.88. The monoisotopic (exact) mass is 269 g/mol. The predicted molar refractivity (Wildman–Crippen MR) is 64.0 cm³/mol. The van der Waals surface area contributed by atoms with Crippen LogP contribution in [0.4, 0.5) is 0 Å². The van der Waals surface area contributed by atoms with Crippen LogP contribution in [0.1, 0.15) is 5.56 Å². The Morgan fingerprint density at radius 2 is 2.06 bits per heavy atom. The number of aryl methyl sites for hydroxylation is 1. The number of rotatable bonds is 3. The molecule has 8 heteroatoms. The van der Waals surface area contributed by atoms with Gasteiger partial charge in [0, 0.05) is 12.6 Å². The van der Waals surface area contributed by atoms with Gasteiger partial charge in [0.2, 0.25) is 15.9 Å². The molecule has 0 unspecified atom stereocenters. The zero-order valence-electron chi connectivity index (χ0n) is 9.53. The van der Waals surface area contributed by atoms with Crippen molar-refractivity contribution in [2.24, 2.45) is 12.2 Å². The SMILES string of the molecule is Cn1nc(-c2ccccc2CS(N)(=O)=O)oc1=O. The van der Waals surface area contributed by atoms with Gasteiger partial charge in [-0.1, -0.05) is 18.2 Å². The van der Waals surface area contributed by atoms with Crippen LogP contribution >= 0.6 is 0 Å². The molecule has 1 aromatic carbocycles. The van der Waals surface area contributed by atoms with Crippen LogP contribution < -0.4 is 10.9 Å². The lowest BCUT2D eigenvalue weighted by Gasteiger charge is -2.04. The molecule has 1 heterocycles. The van der Waals surface area contributed by atoms with Crippen LogP contribution in [0.25, 0.3) is 11.5 Å². The highest BCUT2D eigenvalue weighted by atomic mass is 32.2. The Balaban J connectivity index is 2.54. The van der Waals surface area contributed by atoms with Crippen molar-refractivity contribution < 1.29 is 12.8 Å². The van der Waals surface area contributed by atoms with Crippen molar-refractivity contribution >= 4 is 10.0 Å². The molecule has 0 spiro atoms. The number of nitrogens with two attached hydrogens (primary N) is 1. The first-order valence-corrected chi connectivity index (χ1v) is 6.71. The number of hydrogen-bond donors (Lipinski definition) is 1. The molecule has 0 aliphatic heterocycles. The molecule has 96 valence electrons. The molecule has 0 aliphatic carbocycles. The van der Waals surface area contributed by atoms with E-state index in [1.54, 1.807) is 24.3 Å². The summed E-state index contributed by atoms with van der Waals surface area (Å²) >= 11 is 0. The molecular formula is C10H11N3O4S. The number of sulfonamides is 1. The van der Waals surface area contributed by atoms with Gasteiger partial charge in [-0.25, -0.2) is 18.4 Å². The molecule has 0 fully saturated rings. The van der Waals surface area contributed by atoms with E-state index in [1.165, 1.54) is 7.05 Å². The van der Waals surface area contributed by atoms with Crippen LogP contribution in [0.5, 0.6) is 0 Å². The molecule has 0 aliphatic rings.